The zero-order valence-corrected chi connectivity index (χ0v) is 50.9. The van der Waals surface area contributed by atoms with E-state index >= 15 is 0 Å². The molecule has 1 aliphatic heterocycles. The van der Waals surface area contributed by atoms with Crippen LogP contribution >= 0.6 is 0 Å². The minimum atomic E-state index is -1.57. The Balaban J connectivity index is 2.15. The average Bonchev–Trinajstić information content (AvgIpc) is 3.45. The van der Waals surface area contributed by atoms with Gasteiger partial charge in [0.1, 0.15) is 24.4 Å². The summed E-state index contributed by atoms with van der Waals surface area (Å²) in [5.41, 5.74) is 0. The van der Waals surface area contributed by atoms with Crippen LogP contribution in [0.4, 0.5) is 0 Å². The van der Waals surface area contributed by atoms with Gasteiger partial charge in [-0.2, -0.15) is 0 Å². The van der Waals surface area contributed by atoms with Gasteiger partial charge in [-0.15, -0.1) is 0 Å². The maximum Gasteiger partial charge on any atom is 0.220 e. The molecule has 7 atom stereocenters. The molecule has 6 N–H and O–H groups in total. The average molecular weight is 1100 g/mol. The lowest BCUT2D eigenvalue weighted by Gasteiger charge is -2.40. The topological polar surface area (TPSA) is 149 Å². The number of nitrogens with one attached hydrogen (secondary N) is 1. The zero-order chi connectivity index (χ0) is 56.5. The van der Waals surface area contributed by atoms with E-state index in [0.29, 0.717) is 6.42 Å². The quantitative estimate of drug-likeness (QED) is 0.0261. The van der Waals surface area contributed by atoms with E-state index in [0.717, 1.165) is 64.2 Å². The lowest BCUT2D eigenvalue weighted by Crippen LogP contribution is -2.60. The summed E-state index contributed by atoms with van der Waals surface area (Å²) in [5, 5.41) is 54.7. The van der Waals surface area contributed by atoms with Gasteiger partial charge in [0.05, 0.1) is 25.4 Å². The number of carbonyl (C=O) groups is 1. The maximum atomic E-state index is 13.1. The van der Waals surface area contributed by atoms with Crippen LogP contribution in [0.3, 0.4) is 0 Å². The highest BCUT2D eigenvalue weighted by Crippen LogP contribution is 2.23. The molecule has 78 heavy (non-hydrogen) atoms. The van der Waals surface area contributed by atoms with Crippen LogP contribution in [0.2, 0.25) is 0 Å². The predicted octanol–water partition coefficient (Wildman–Crippen LogP) is 17.8. The van der Waals surface area contributed by atoms with Crippen LogP contribution in [0, 0.1) is 0 Å². The van der Waals surface area contributed by atoms with E-state index in [4.69, 9.17) is 9.47 Å². The largest absolute Gasteiger partial charge is 0.394 e. The van der Waals surface area contributed by atoms with E-state index in [-0.39, 0.29) is 12.5 Å². The van der Waals surface area contributed by atoms with E-state index < -0.39 is 49.5 Å². The number of unbranched alkanes of at least 4 members (excludes halogenated alkanes) is 40. The van der Waals surface area contributed by atoms with Crippen molar-refractivity contribution in [2.24, 2.45) is 0 Å². The first-order valence-corrected chi connectivity index (χ1v) is 33.5. The molecule has 0 aliphatic carbocycles. The van der Waals surface area contributed by atoms with E-state index in [2.05, 4.69) is 67.8 Å². The number of amides is 1. The van der Waals surface area contributed by atoms with Crippen molar-refractivity contribution >= 4 is 5.91 Å². The molecular formula is C69H127NO8. The Labute approximate surface area is 481 Å². The van der Waals surface area contributed by atoms with Gasteiger partial charge >= 0.3 is 0 Å². The van der Waals surface area contributed by atoms with E-state index in [1.807, 2.05) is 6.08 Å². The standard InChI is InChI=1S/C69H127NO8/c1-3-5-7-9-11-13-15-17-19-21-23-25-27-29-31-32-33-35-37-39-41-43-45-47-49-51-53-55-57-59-65(73)70-62(61-77-69-68(76)67(75)66(74)64(60-71)78-69)63(72)58-56-54-52-50-48-46-44-42-40-38-36-34-30-28-26-24-22-20-18-16-14-12-10-8-6-4-2/h5,7,11,13,17,19,23,25,56,58,62-64,66-69,71-72,74-76H,3-4,6,8-10,12,14-16,18,20-22,24,26-55,57,59-61H2,1-2H3,(H,70,73)/b7-5-,13-11-,19-17-,25-23-,58-56+. The lowest BCUT2D eigenvalue weighted by atomic mass is 9.99. The number of aliphatic hydroxyl groups excluding tert-OH is 5. The van der Waals surface area contributed by atoms with Gasteiger partial charge < -0.3 is 40.3 Å². The summed E-state index contributed by atoms with van der Waals surface area (Å²) < 4.78 is 11.3. The molecule has 1 aliphatic rings. The molecule has 456 valence electrons. The summed E-state index contributed by atoms with van der Waals surface area (Å²) in [6.07, 6.45) is 73.1. The molecule has 0 aromatic rings. The van der Waals surface area contributed by atoms with Crippen molar-refractivity contribution < 1.29 is 39.8 Å². The highest BCUT2D eigenvalue weighted by atomic mass is 16.7. The van der Waals surface area contributed by atoms with Crippen LogP contribution in [0.15, 0.2) is 60.8 Å². The first kappa shape index (κ1) is 73.9. The van der Waals surface area contributed by atoms with Crippen molar-refractivity contribution in [2.75, 3.05) is 13.2 Å². The molecule has 1 amide bonds. The molecule has 9 nitrogen and oxygen atoms in total. The third kappa shape index (κ3) is 46.5. The van der Waals surface area contributed by atoms with Crippen molar-refractivity contribution in [2.45, 2.75) is 358 Å². The van der Waals surface area contributed by atoms with Gasteiger partial charge in [-0.25, -0.2) is 0 Å². The Morgan fingerprint density at radius 3 is 1.18 bits per heavy atom. The predicted molar refractivity (Wildman–Crippen MR) is 332 cm³/mol. The second-order valence-electron chi connectivity index (χ2n) is 23.2. The second-order valence-corrected chi connectivity index (χ2v) is 23.2. The molecule has 0 radical (unpaired) electrons. The minimum Gasteiger partial charge on any atom is -0.394 e. The van der Waals surface area contributed by atoms with E-state index in [9.17, 15) is 30.3 Å². The van der Waals surface area contributed by atoms with Crippen LogP contribution in [0.1, 0.15) is 316 Å². The fourth-order valence-electron chi connectivity index (χ4n) is 10.6. The molecule has 9 heteroatoms. The molecule has 0 spiro atoms. The normalized spacial score (nSPS) is 19.0. The van der Waals surface area contributed by atoms with Crippen LogP contribution in [0.25, 0.3) is 0 Å². The fraction of sp³-hybridized carbons (Fsp3) is 0.841. The summed E-state index contributed by atoms with van der Waals surface area (Å²) in [6, 6.07) is -0.808. The van der Waals surface area contributed by atoms with Crippen LogP contribution in [-0.2, 0) is 14.3 Å². The summed E-state index contributed by atoms with van der Waals surface area (Å²) in [5.74, 6) is -0.174. The van der Waals surface area contributed by atoms with Crippen LogP contribution < -0.4 is 5.32 Å². The number of allylic oxidation sites excluding steroid dienone is 9. The van der Waals surface area contributed by atoms with Crippen molar-refractivity contribution in [1.29, 1.82) is 0 Å². The van der Waals surface area contributed by atoms with Crippen molar-refractivity contribution in [3.8, 4) is 0 Å². The van der Waals surface area contributed by atoms with Crippen LogP contribution in [0.5, 0.6) is 0 Å². The molecule has 7 unspecified atom stereocenters. The molecule has 1 rings (SSSR count). The SMILES string of the molecule is CC/C=C\C/C=C\C/C=C\C/C=C\CCCCCCCCCCCCCCCCCCC(=O)NC(COC1OC(CO)C(O)C(O)C1O)C(O)/C=C/CCCCCCCCCCCCCCCCCCCCCCCCCC. The van der Waals surface area contributed by atoms with E-state index in [1.54, 1.807) is 6.08 Å². The Morgan fingerprint density at radius 2 is 0.795 bits per heavy atom. The molecule has 1 saturated heterocycles. The summed E-state index contributed by atoms with van der Waals surface area (Å²) in [4.78, 5) is 13.1. The van der Waals surface area contributed by atoms with Gasteiger partial charge in [-0.05, 0) is 57.8 Å². The van der Waals surface area contributed by atoms with Gasteiger partial charge in [0.25, 0.3) is 0 Å². The zero-order valence-electron chi connectivity index (χ0n) is 50.9. The Bertz CT molecular complexity index is 1410. The van der Waals surface area contributed by atoms with Crippen LogP contribution in [-0.4, -0.2) is 87.5 Å². The Hall–Kier alpha value is -2.11. The summed E-state index contributed by atoms with van der Waals surface area (Å²) >= 11 is 0. The van der Waals surface area contributed by atoms with E-state index in [1.165, 1.54) is 231 Å². The molecule has 1 heterocycles. The number of ether oxygens (including phenoxy) is 2. The monoisotopic (exact) mass is 1100 g/mol. The third-order valence-corrected chi connectivity index (χ3v) is 15.8. The second kappa shape index (κ2) is 58.1. The van der Waals surface area contributed by atoms with Gasteiger partial charge in [0, 0.05) is 6.42 Å². The van der Waals surface area contributed by atoms with Crippen molar-refractivity contribution in [1.82, 2.24) is 5.32 Å². The lowest BCUT2D eigenvalue weighted by molar-refractivity contribution is -0.302. The maximum absolute atomic E-state index is 13.1. The van der Waals surface area contributed by atoms with Gasteiger partial charge in [-0.1, -0.05) is 312 Å². The Morgan fingerprint density at radius 1 is 0.449 bits per heavy atom. The molecular weight excluding hydrogens is 971 g/mol. The molecule has 1 fully saturated rings. The molecule has 0 aromatic carbocycles. The first-order chi connectivity index (χ1) is 38.3. The highest BCUT2D eigenvalue weighted by Gasteiger charge is 2.44. The minimum absolute atomic E-state index is 0.174. The van der Waals surface area contributed by atoms with Crippen molar-refractivity contribution in [3.63, 3.8) is 0 Å². The first-order valence-electron chi connectivity index (χ1n) is 33.5. The van der Waals surface area contributed by atoms with Gasteiger partial charge in [0.15, 0.2) is 6.29 Å². The summed E-state index contributed by atoms with van der Waals surface area (Å²) in [7, 11) is 0. The number of hydrogen-bond acceptors (Lipinski definition) is 8. The number of rotatable bonds is 58. The molecule has 0 aromatic heterocycles. The molecule has 0 bridgehead atoms. The highest BCUT2D eigenvalue weighted by molar-refractivity contribution is 5.76. The smallest absolute Gasteiger partial charge is 0.220 e. The molecule has 0 saturated carbocycles. The third-order valence-electron chi connectivity index (χ3n) is 15.8. The number of hydrogen-bond donors (Lipinski definition) is 6. The van der Waals surface area contributed by atoms with Crippen molar-refractivity contribution in [3.05, 3.63) is 60.8 Å². The van der Waals surface area contributed by atoms with Gasteiger partial charge in [-0.3, -0.25) is 4.79 Å². The number of carbonyl (C=O) groups excluding carboxylic acids is 1. The summed E-state index contributed by atoms with van der Waals surface area (Å²) in [6.45, 7) is 3.71. The number of aliphatic hydroxyl groups is 5. The Kier molecular flexibility index (Phi) is 55.0. The fourth-order valence-corrected chi connectivity index (χ4v) is 10.6. The van der Waals surface area contributed by atoms with Gasteiger partial charge in [0.2, 0.25) is 5.91 Å².